The van der Waals surface area contributed by atoms with Crippen molar-refractivity contribution in [1.29, 1.82) is 0 Å². The molecule has 0 saturated carbocycles. The molecule has 0 radical (unpaired) electrons. The second-order valence-electron chi connectivity index (χ2n) is 5.17. The highest BCUT2D eigenvalue weighted by Gasteiger charge is 2.07. The molecule has 0 aliphatic rings. The molecule has 3 nitrogen and oxygen atoms in total. The summed E-state index contributed by atoms with van der Waals surface area (Å²) in [5.74, 6) is 1.82. The molecule has 5 heteroatoms. The number of hydrogen-bond donors (Lipinski definition) is 1. The van der Waals surface area contributed by atoms with E-state index in [0.29, 0.717) is 12.3 Å². The number of rotatable bonds is 6. The van der Waals surface area contributed by atoms with Crippen LogP contribution in [-0.2, 0) is 4.79 Å². The number of thiazole rings is 1. The van der Waals surface area contributed by atoms with E-state index >= 15 is 0 Å². The molecule has 0 unspecified atom stereocenters. The van der Waals surface area contributed by atoms with Gasteiger partial charge in [0.1, 0.15) is 0 Å². The molecule has 2 aromatic rings. The van der Waals surface area contributed by atoms with Crippen LogP contribution in [0.25, 0.3) is 10.2 Å². The summed E-state index contributed by atoms with van der Waals surface area (Å²) in [5, 5.41) is 2.93. The van der Waals surface area contributed by atoms with Crippen molar-refractivity contribution in [2.24, 2.45) is 5.92 Å². The summed E-state index contributed by atoms with van der Waals surface area (Å²) in [6.45, 7) is 6.42. The predicted octanol–water partition coefficient (Wildman–Crippen LogP) is 4.78. The van der Waals surface area contributed by atoms with E-state index in [1.165, 1.54) is 0 Å². The van der Waals surface area contributed by atoms with Crippen LogP contribution in [0.2, 0.25) is 0 Å². The van der Waals surface area contributed by atoms with Crippen molar-refractivity contribution >= 4 is 44.9 Å². The Morgan fingerprint density at radius 2 is 2.25 bits per heavy atom. The topological polar surface area (TPSA) is 42.0 Å². The number of amides is 1. The van der Waals surface area contributed by atoms with Crippen LogP contribution in [0.3, 0.4) is 0 Å². The molecule has 1 heterocycles. The fourth-order valence-corrected chi connectivity index (χ4v) is 3.82. The van der Waals surface area contributed by atoms with Gasteiger partial charge in [-0.3, -0.25) is 4.79 Å². The molecule has 0 aliphatic heterocycles. The smallest absolute Gasteiger partial charge is 0.224 e. The van der Waals surface area contributed by atoms with Crippen molar-refractivity contribution in [1.82, 2.24) is 4.98 Å². The van der Waals surface area contributed by atoms with Gasteiger partial charge in [0.15, 0.2) is 4.34 Å². The lowest BCUT2D eigenvalue weighted by molar-refractivity contribution is -0.116. The molecule has 20 heavy (non-hydrogen) atoms. The van der Waals surface area contributed by atoms with Gasteiger partial charge in [0.05, 0.1) is 10.2 Å². The van der Waals surface area contributed by atoms with Crippen LogP contribution in [0.15, 0.2) is 22.5 Å². The Labute approximate surface area is 128 Å². The van der Waals surface area contributed by atoms with E-state index in [2.05, 4.69) is 24.1 Å². The largest absolute Gasteiger partial charge is 0.326 e. The number of carbonyl (C=O) groups is 1. The Hall–Kier alpha value is -1.07. The number of benzene rings is 1. The van der Waals surface area contributed by atoms with Gasteiger partial charge in [-0.1, -0.05) is 32.5 Å². The maximum absolute atomic E-state index is 11.6. The molecular weight excluding hydrogens is 288 g/mol. The van der Waals surface area contributed by atoms with E-state index in [1.54, 1.807) is 23.1 Å². The van der Waals surface area contributed by atoms with Gasteiger partial charge in [-0.25, -0.2) is 4.98 Å². The minimum Gasteiger partial charge on any atom is -0.326 e. The number of hydrogen-bond acceptors (Lipinski definition) is 4. The number of nitrogens with one attached hydrogen (secondary N) is 1. The van der Waals surface area contributed by atoms with Gasteiger partial charge in [-0.05, 0) is 30.5 Å². The summed E-state index contributed by atoms with van der Waals surface area (Å²) in [5.41, 5.74) is 1.87. The summed E-state index contributed by atoms with van der Waals surface area (Å²) in [4.78, 5) is 16.2. The molecule has 2 rings (SSSR count). The van der Waals surface area contributed by atoms with Crippen LogP contribution in [0.4, 0.5) is 5.69 Å². The maximum Gasteiger partial charge on any atom is 0.224 e. The molecule has 0 bridgehead atoms. The Morgan fingerprint density at radius 3 is 2.95 bits per heavy atom. The molecule has 0 aliphatic carbocycles. The molecule has 108 valence electrons. The first-order chi connectivity index (χ1) is 9.58. The minimum atomic E-state index is 0.0748. The lowest BCUT2D eigenvalue weighted by atomic mass is 10.2. The second kappa shape index (κ2) is 7.09. The van der Waals surface area contributed by atoms with Gasteiger partial charge >= 0.3 is 0 Å². The number of nitrogens with zero attached hydrogens (tertiary/aromatic N) is 1. The average molecular weight is 308 g/mol. The maximum atomic E-state index is 11.6. The molecule has 1 N–H and O–H groups in total. The average Bonchev–Trinajstić information content (AvgIpc) is 2.78. The lowest BCUT2D eigenvalue weighted by Crippen LogP contribution is -2.10. The summed E-state index contributed by atoms with van der Waals surface area (Å²) < 4.78 is 2.23. The van der Waals surface area contributed by atoms with E-state index in [4.69, 9.17) is 0 Å². The number of fused-ring (bicyclic) bond motifs is 1. The first kappa shape index (κ1) is 15.3. The van der Waals surface area contributed by atoms with Crippen molar-refractivity contribution in [2.75, 3.05) is 11.1 Å². The molecule has 1 aromatic carbocycles. The van der Waals surface area contributed by atoms with Crippen molar-refractivity contribution in [3.63, 3.8) is 0 Å². The van der Waals surface area contributed by atoms with Gasteiger partial charge in [0, 0.05) is 17.9 Å². The third-order valence-corrected chi connectivity index (χ3v) is 5.26. The number of thioether (sulfide) groups is 1. The highest BCUT2D eigenvalue weighted by atomic mass is 32.2. The van der Waals surface area contributed by atoms with Crippen LogP contribution < -0.4 is 5.32 Å². The first-order valence-electron chi connectivity index (χ1n) is 6.91. The van der Waals surface area contributed by atoms with E-state index in [-0.39, 0.29) is 5.91 Å². The van der Waals surface area contributed by atoms with Crippen molar-refractivity contribution in [3.05, 3.63) is 18.2 Å². The zero-order chi connectivity index (χ0) is 14.5. The minimum absolute atomic E-state index is 0.0748. The van der Waals surface area contributed by atoms with Crippen molar-refractivity contribution < 1.29 is 4.79 Å². The predicted molar refractivity (Wildman–Crippen MR) is 88.7 cm³/mol. The molecule has 0 spiro atoms. The Morgan fingerprint density at radius 1 is 1.45 bits per heavy atom. The lowest BCUT2D eigenvalue weighted by Gasteiger charge is -2.03. The number of aromatic nitrogens is 1. The van der Waals surface area contributed by atoms with Gasteiger partial charge in [-0.15, -0.1) is 11.3 Å². The van der Waals surface area contributed by atoms with Gasteiger partial charge in [-0.2, -0.15) is 0 Å². The van der Waals surface area contributed by atoms with Crippen molar-refractivity contribution in [2.45, 2.75) is 38.0 Å². The zero-order valence-corrected chi connectivity index (χ0v) is 13.7. The summed E-state index contributed by atoms with van der Waals surface area (Å²) in [7, 11) is 0. The first-order valence-corrected chi connectivity index (χ1v) is 8.72. The van der Waals surface area contributed by atoms with Gasteiger partial charge < -0.3 is 5.32 Å². The molecule has 1 amide bonds. The Kier molecular flexibility index (Phi) is 5.43. The second-order valence-corrected chi connectivity index (χ2v) is 7.46. The fourth-order valence-electron chi connectivity index (χ4n) is 1.73. The fraction of sp³-hybridized carbons (Fsp3) is 0.467. The molecule has 0 saturated heterocycles. The Bertz CT molecular complexity index is 593. The number of anilines is 1. The summed E-state index contributed by atoms with van der Waals surface area (Å²) in [6, 6.07) is 5.92. The number of carbonyl (C=O) groups excluding carboxylic acids is 1. The highest BCUT2D eigenvalue weighted by molar-refractivity contribution is 8.01. The molecule has 0 atom stereocenters. The summed E-state index contributed by atoms with van der Waals surface area (Å²) in [6.07, 6.45) is 1.43. The highest BCUT2D eigenvalue weighted by Crippen LogP contribution is 2.32. The van der Waals surface area contributed by atoms with Gasteiger partial charge in [0.2, 0.25) is 5.91 Å². The molecular formula is C15H20N2OS2. The quantitative estimate of drug-likeness (QED) is 0.781. The van der Waals surface area contributed by atoms with E-state index in [9.17, 15) is 4.79 Å². The van der Waals surface area contributed by atoms with E-state index in [0.717, 1.165) is 32.4 Å². The van der Waals surface area contributed by atoms with Crippen molar-refractivity contribution in [3.8, 4) is 0 Å². The zero-order valence-electron chi connectivity index (χ0n) is 12.1. The summed E-state index contributed by atoms with van der Waals surface area (Å²) >= 11 is 3.50. The van der Waals surface area contributed by atoms with E-state index < -0.39 is 0 Å². The SMILES string of the molecule is CCCC(=O)Nc1ccc2nc(SCC(C)C)sc2c1. The van der Waals surface area contributed by atoms with Crippen LogP contribution in [-0.4, -0.2) is 16.6 Å². The molecule has 1 aromatic heterocycles. The normalized spacial score (nSPS) is 11.2. The van der Waals surface area contributed by atoms with Crippen LogP contribution >= 0.6 is 23.1 Å². The van der Waals surface area contributed by atoms with Crippen LogP contribution in [0, 0.1) is 5.92 Å². The van der Waals surface area contributed by atoms with Crippen LogP contribution in [0.5, 0.6) is 0 Å². The molecule has 0 fully saturated rings. The third kappa shape index (κ3) is 4.21. The van der Waals surface area contributed by atoms with Crippen LogP contribution in [0.1, 0.15) is 33.6 Å². The monoisotopic (exact) mass is 308 g/mol. The standard InChI is InChI=1S/C15H20N2OS2/c1-4-5-14(18)16-11-6-7-12-13(8-11)20-15(17-12)19-9-10(2)3/h6-8,10H,4-5,9H2,1-3H3,(H,16,18). The Balaban J connectivity index is 2.11. The van der Waals surface area contributed by atoms with Gasteiger partial charge in [0.25, 0.3) is 0 Å². The third-order valence-electron chi connectivity index (χ3n) is 2.67. The van der Waals surface area contributed by atoms with E-state index in [1.807, 2.05) is 25.1 Å².